The zero-order chi connectivity index (χ0) is 18.1. The molecule has 1 aliphatic rings. The summed E-state index contributed by atoms with van der Waals surface area (Å²) in [5.74, 6) is 1.08. The molecule has 0 bridgehead atoms. The number of aryl methyl sites for hydroxylation is 2. The van der Waals surface area contributed by atoms with Crippen LogP contribution in [0, 0.1) is 19.8 Å². The van der Waals surface area contributed by atoms with Gasteiger partial charge >= 0.3 is 0 Å². The molecular weight excluding hydrogens is 316 g/mol. The van der Waals surface area contributed by atoms with Crippen LogP contribution in [0.5, 0.6) is 5.75 Å². The topological polar surface area (TPSA) is 59.4 Å². The van der Waals surface area contributed by atoms with Gasteiger partial charge in [-0.1, -0.05) is 26.0 Å². The lowest BCUT2D eigenvalue weighted by molar-refractivity contribution is -0.120. The summed E-state index contributed by atoms with van der Waals surface area (Å²) in [6.45, 7) is 8.80. The molecule has 1 aliphatic heterocycles. The Morgan fingerprint density at radius 3 is 2.72 bits per heavy atom. The first-order valence-electron chi connectivity index (χ1n) is 8.67. The van der Waals surface area contributed by atoms with E-state index in [-0.39, 0.29) is 18.6 Å². The number of amides is 1. The smallest absolute Gasteiger partial charge is 0.265 e. The molecule has 0 fully saturated rings. The van der Waals surface area contributed by atoms with Crippen molar-refractivity contribution < 1.29 is 9.53 Å². The molecule has 0 saturated heterocycles. The molecule has 1 aromatic carbocycles. The lowest BCUT2D eigenvalue weighted by Gasteiger charge is -2.37. The second-order valence-corrected chi connectivity index (χ2v) is 6.93. The van der Waals surface area contributed by atoms with E-state index in [0.717, 1.165) is 22.8 Å². The lowest BCUT2D eigenvalue weighted by Crippen LogP contribution is -2.48. The number of para-hydroxylation sites is 2. The van der Waals surface area contributed by atoms with Crippen molar-refractivity contribution in [1.82, 2.24) is 9.78 Å². The summed E-state index contributed by atoms with van der Waals surface area (Å²) in [5, 5.41) is 7.86. The third kappa shape index (κ3) is 3.34. The fourth-order valence-electron chi connectivity index (χ4n) is 3.16. The number of hydrogen-bond donors (Lipinski definition) is 1. The zero-order valence-electron chi connectivity index (χ0n) is 15.5. The van der Waals surface area contributed by atoms with Gasteiger partial charge in [0.05, 0.1) is 17.1 Å². The van der Waals surface area contributed by atoms with Crippen LogP contribution in [0.2, 0.25) is 0 Å². The van der Waals surface area contributed by atoms with Crippen LogP contribution in [0.1, 0.15) is 25.2 Å². The molecular formula is C19H26N4O2. The standard InChI is InChI=1S/C19H26N4O2/c1-12(2)16-10-23(17-9-7-6-8-15(17)20-16)18(24)11-25-19-13(3)21-22(5)14(19)4/h6-9,12,16,20H,10-11H2,1-5H3. The molecule has 0 aliphatic carbocycles. The van der Waals surface area contributed by atoms with Crippen molar-refractivity contribution in [3.8, 4) is 5.75 Å². The van der Waals surface area contributed by atoms with E-state index in [1.165, 1.54) is 0 Å². The van der Waals surface area contributed by atoms with Gasteiger partial charge in [-0.15, -0.1) is 0 Å². The second-order valence-electron chi connectivity index (χ2n) is 6.93. The SMILES string of the molecule is Cc1nn(C)c(C)c1OCC(=O)N1CC(C(C)C)Nc2ccccc21. The van der Waals surface area contributed by atoms with E-state index in [4.69, 9.17) is 4.74 Å². The Morgan fingerprint density at radius 1 is 1.36 bits per heavy atom. The van der Waals surface area contributed by atoms with Gasteiger partial charge in [0.15, 0.2) is 12.4 Å². The molecule has 1 amide bonds. The maximum absolute atomic E-state index is 12.9. The molecule has 0 saturated carbocycles. The van der Waals surface area contributed by atoms with E-state index >= 15 is 0 Å². The summed E-state index contributed by atoms with van der Waals surface area (Å²) in [5.41, 5.74) is 3.63. The van der Waals surface area contributed by atoms with E-state index in [2.05, 4.69) is 24.3 Å². The monoisotopic (exact) mass is 342 g/mol. The molecule has 1 N–H and O–H groups in total. The van der Waals surface area contributed by atoms with Crippen molar-refractivity contribution in [2.24, 2.45) is 13.0 Å². The van der Waals surface area contributed by atoms with E-state index < -0.39 is 0 Å². The predicted octanol–water partition coefficient (Wildman–Crippen LogP) is 2.90. The first-order chi connectivity index (χ1) is 11.9. The van der Waals surface area contributed by atoms with Crippen molar-refractivity contribution in [3.05, 3.63) is 35.7 Å². The molecule has 25 heavy (non-hydrogen) atoms. The van der Waals surface area contributed by atoms with Gasteiger partial charge in [-0.3, -0.25) is 9.48 Å². The number of nitrogens with zero attached hydrogens (tertiary/aromatic N) is 3. The molecule has 1 atom stereocenters. The van der Waals surface area contributed by atoms with Crippen LogP contribution < -0.4 is 15.0 Å². The number of hydrogen-bond acceptors (Lipinski definition) is 4. The number of ether oxygens (including phenoxy) is 1. The van der Waals surface area contributed by atoms with Gasteiger partial charge in [0.2, 0.25) is 0 Å². The summed E-state index contributed by atoms with van der Waals surface area (Å²) in [6.07, 6.45) is 0. The van der Waals surface area contributed by atoms with Crippen molar-refractivity contribution in [3.63, 3.8) is 0 Å². The number of anilines is 2. The molecule has 3 rings (SSSR count). The Labute approximate surface area is 148 Å². The highest BCUT2D eigenvalue weighted by Gasteiger charge is 2.29. The number of carbonyl (C=O) groups is 1. The summed E-state index contributed by atoms with van der Waals surface area (Å²) in [6, 6.07) is 8.14. The van der Waals surface area contributed by atoms with Crippen LogP contribution in [0.4, 0.5) is 11.4 Å². The molecule has 2 heterocycles. The van der Waals surface area contributed by atoms with Crippen LogP contribution in [0.3, 0.4) is 0 Å². The van der Waals surface area contributed by atoms with Gasteiger partial charge < -0.3 is 15.0 Å². The molecule has 1 aromatic heterocycles. The minimum absolute atomic E-state index is 0.00647. The van der Waals surface area contributed by atoms with Gasteiger partial charge in [-0.25, -0.2) is 0 Å². The van der Waals surface area contributed by atoms with Gasteiger partial charge in [0, 0.05) is 19.6 Å². The van der Waals surface area contributed by atoms with Crippen molar-refractivity contribution in [2.75, 3.05) is 23.4 Å². The highest BCUT2D eigenvalue weighted by molar-refractivity contribution is 5.98. The molecule has 6 heteroatoms. The summed E-state index contributed by atoms with van der Waals surface area (Å²) in [4.78, 5) is 14.7. The van der Waals surface area contributed by atoms with Crippen molar-refractivity contribution in [2.45, 2.75) is 33.7 Å². The van der Waals surface area contributed by atoms with Crippen LogP contribution in [-0.2, 0) is 11.8 Å². The third-order valence-corrected chi connectivity index (χ3v) is 4.80. The van der Waals surface area contributed by atoms with Gasteiger partial charge in [0.25, 0.3) is 5.91 Å². The quantitative estimate of drug-likeness (QED) is 0.928. The minimum Gasteiger partial charge on any atom is -0.480 e. The normalized spacial score (nSPS) is 16.6. The molecule has 2 aromatic rings. The van der Waals surface area contributed by atoms with Crippen LogP contribution in [-0.4, -0.2) is 34.9 Å². The zero-order valence-corrected chi connectivity index (χ0v) is 15.5. The fraction of sp³-hybridized carbons (Fsp3) is 0.474. The summed E-state index contributed by atoms with van der Waals surface area (Å²) < 4.78 is 7.59. The van der Waals surface area contributed by atoms with Gasteiger partial charge in [0.1, 0.15) is 5.69 Å². The summed E-state index contributed by atoms with van der Waals surface area (Å²) >= 11 is 0. The minimum atomic E-state index is -0.0396. The lowest BCUT2D eigenvalue weighted by atomic mass is 10.00. The molecule has 1 unspecified atom stereocenters. The maximum Gasteiger partial charge on any atom is 0.265 e. The Hall–Kier alpha value is -2.50. The highest BCUT2D eigenvalue weighted by atomic mass is 16.5. The Bertz CT molecular complexity index is 782. The third-order valence-electron chi connectivity index (χ3n) is 4.80. The predicted molar refractivity (Wildman–Crippen MR) is 99.2 cm³/mol. The van der Waals surface area contributed by atoms with E-state index in [1.807, 2.05) is 50.1 Å². The Morgan fingerprint density at radius 2 is 2.08 bits per heavy atom. The van der Waals surface area contributed by atoms with E-state index in [9.17, 15) is 4.79 Å². The number of rotatable bonds is 4. The first kappa shape index (κ1) is 17.3. The number of nitrogens with one attached hydrogen (secondary N) is 1. The fourth-order valence-corrected chi connectivity index (χ4v) is 3.16. The first-order valence-corrected chi connectivity index (χ1v) is 8.67. The molecule has 6 nitrogen and oxygen atoms in total. The number of benzene rings is 1. The van der Waals surface area contributed by atoms with Gasteiger partial charge in [-0.2, -0.15) is 5.10 Å². The molecule has 0 radical (unpaired) electrons. The highest BCUT2D eigenvalue weighted by Crippen LogP contribution is 2.32. The average molecular weight is 342 g/mol. The Balaban J connectivity index is 1.79. The van der Waals surface area contributed by atoms with E-state index in [1.54, 1.807) is 4.68 Å². The van der Waals surface area contributed by atoms with Crippen molar-refractivity contribution in [1.29, 1.82) is 0 Å². The Kier molecular flexibility index (Phi) is 4.70. The van der Waals surface area contributed by atoms with Gasteiger partial charge in [-0.05, 0) is 31.9 Å². The average Bonchev–Trinajstić information content (AvgIpc) is 2.83. The maximum atomic E-state index is 12.9. The van der Waals surface area contributed by atoms with Crippen LogP contribution >= 0.6 is 0 Å². The largest absolute Gasteiger partial charge is 0.480 e. The summed E-state index contributed by atoms with van der Waals surface area (Å²) in [7, 11) is 1.87. The molecule has 0 spiro atoms. The van der Waals surface area contributed by atoms with E-state index in [0.29, 0.717) is 18.2 Å². The number of carbonyl (C=O) groups excluding carboxylic acids is 1. The number of aromatic nitrogens is 2. The van der Waals surface area contributed by atoms with Crippen LogP contribution in [0.25, 0.3) is 0 Å². The number of fused-ring (bicyclic) bond motifs is 1. The van der Waals surface area contributed by atoms with Crippen LogP contribution in [0.15, 0.2) is 24.3 Å². The van der Waals surface area contributed by atoms with Crippen molar-refractivity contribution >= 4 is 17.3 Å². The second kappa shape index (κ2) is 6.78. The molecule has 134 valence electrons.